The van der Waals surface area contributed by atoms with E-state index in [-0.39, 0.29) is 0 Å². The SMILES string of the molecule is COCc1cccc(CNC/C(C)=C/Cl)c1. The minimum absolute atomic E-state index is 0.661. The molecule has 0 aliphatic heterocycles. The molecule has 0 saturated carbocycles. The number of benzene rings is 1. The van der Waals surface area contributed by atoms with Gasteiger partial charge in [0, 0.05) is 25.7 Å². The number of hydrogen-bond acceptors (Lipinski definition) is 2. The van der Waals surface area contributed by atoms with E-state index in [1.807, 2.05) is 6.92 Å². The van der Waals surface area contributed by atoms with Gasteiger partial charge in [-0.25, -0.2) is 0 Å². The highest BCUT2D eigenvalue weighted by Gasteiger charge is 1.96. The quantitative estimate of drug-likeness (QED) is 0.824. The molecule has 88 valence electrons. The van der Waals surface area contributed by atoms with Crippen molar-refractivity contribution in [2.75, 3.05) is 13.7 Å². The van der Waals surface area contributed by atoms with Gasteiger partial charge in [-0.1, -0.05) is 35.9 Å². The largest absolute Gasteiger partial charge is 0.380 e. The Kier molecular flexibility index (Phi) is 6.16. The van der Waals surface area contributed by atoms with Crippen LogP contribution in [0.3, 0.4) is 0 Å². The summed E-state index contributed by atoms with van der Waals surface area (Å²) >= 11 is 5.58. The van der Waals surface area contributed by atoms with Gasteiger partial charge in [-0.05, 0) is 23.6 Å². The van der Waals surface area contributed by atoms with Crippen molar-refractivity contribution in [3.8, 4) is 0 Å². The number of hydrogen-bond donors (Lipinski definition) is 1. The molecule has 3 heteroatoms. The van der Waals surface area contributed by atoms with E-state index in [1.54, 1.807) is 12.6 Å². The first kappa shape index (κ1) is 13.2. The molecule has 0 aliphatic rings. The average Bonchev–Trinajstić information content (AvgIpc) is 2.30. The number of nitrogens with one attached hydrogen (secondary N) is 1. The highest BCUT2D eigenvalue weighted by atomic mass is 35.5. The van der Waals surface area contributed by atoms with E-state index in [1.165, 1.54) is 11.1 Å². The highest BCUT2D eigenvalue weighted by molar-refractivity contribution is 6.25. The standard InChI is InChI=1S/C13H18ClNO/c1-11(7-14)8-15-9-12-4-3-5-13(6-12)10-16-2/h3-7,15H,8-10H2,1-2H3/b11-7+. The second kappa shape index (κ2) is 7.44. The fourth-order valence-corrected chi connectivity index (χ4v) is 1.52. The van der Waals surface area contributed by atoms with Gasteiger partial charge >= 0.3 is 0 Å². The lowest BCUT2D eigenvalue weighted by Gasteiger charge is -2.06. The molecule has 0 spiro atoms. The fourth-order valence-electron chi connectivity index (χ4n) is 1.44. The van der Waals surface area contributed by atoms with Crippen LogP contribution < -0.4 is 5.32 Å². The molecule has 0 amide bonds. The van der Waals surface area contributed by atoms with Gasteiger partial charge in [-0.3, -0.25) is 0 Å². The normalized spacial score (nSPS) is 11.8. The molecule has 0 aromatic heterocycles. The smallest absolute Gasteiger partial charge is 0.0713 e. The lowest BCUT2D eigenvalue weighted by atomic mass is 10.1. The van der Waals surface area contributed by atoms with Gasteiger partial charge in [-0.2, -0.15) is 0 Å². The molecule has 0 radical (unpaired) electrons. The van der Waals surface area contributed by atoms with Crippen molar-refractivity contribution in [1.29, 1.82) is 0 Å². The monoisotopic (exact) mass is 239 g/mol. The first-order chi connectivity index (χ1) is 7.76. The number of halogens is 1. The van der Waals surface area contributed by atoms with Crippen molar-refractivity contribution in [1.82, 2.24) is 5.32 Å². The van der Waals surface area contributed by atoms with Crippen molar-refractivity contribution in [3.63, 3.8) is 0 Å². The Morgan fingerprint density at radius 2 is 2.19 bits per heavy atom. The molecule has 1 N–H and O–H groups in total. The van der Waals surface area contributed by atoms with Crippen LogP contribution in [-0.4, -0.2) is 13.7 Å². The van der Waals surface area contributed by atoms with Crippen LogP contribution in [0.5, 0.6) is 0 Å². The predicted octanol–water partition coefficient (Wildman–Crippen LogP) is 3.07. The van der Waals surface area contributed by atoms with E-state index in [4.69, 9.17) is 16.3 Å². The van der Waals surface area contributed by atoms with Crippen LogP contribution in [0.1, 0.15) is 18.1 Å². The maximum absolute atomic E-state index is 5.58. The molecule has 0 atom stereocenters. The predicted molar refractivity (Wildman–Crippen MR) is 68.5 cm³/mol. The summed E-state index contributed by atoms with van der Waals surface area (Å²) in [6.45, 7) is 4.33. The van der Waals surface area contributed by atoms with Gasteiger partial charge in [0.15, 0.2) is 0 Å². The lowest BCUT2D eigenvalue weighted by Crippen LogP contribution is -2.15. The third-order valence-corrected chi connectivity index (χ3v) is 2.59. The molecular weight excluding hydrogens is 222 g/mol. The Balaban J connectivity index is 2.44. The Bertz CT molecular complexity index is 350. The van der Waals surface area contributed by atoms with Crippen LogP contribution in [0.4, 0.5) is 0 Å². The minimum atomic E-state index is 0.661. The Morgan fingerprint density at radius 3 is 2.88 bits per heavy atom. The van der Waals surface area contributed by atoms with Gasteiger partial charge in [-0.15, -0.1) is 0 Å². The lowest BCUT2D eigenvalue weighted by molar-refractivity contribution is 0.185. The van der Waals surface area contributed by atoms with Gasteiger partial charge in [0.05, 0.1) is 6.61 Å². The molecule has 0 aliphatic carbocycles. The van der Waals surface area contributed by atoms with Crippen molar-refractivity contribution in [2.45, 2.75) is 20.1 Å². The minimum Gasteiger partial charge on any atom is -0.380 e. The van der Waals surface area contributed by atoms with E-state index >= 15 is 0 Å². The average molecular weight is 240 g/mol. The van der Waals surface area contributed by atoms with E-state index in [9.17, 15) is 0 Å². The van der Waals surface area contributed by atoms with Crippen LogP contribution in [-0.2, 0) is 17.9 Å². The zero-order chi connectivity index (χ0) is 11.8. The van der Waals surface area contributed by atoms with E-state index in [0.29, 0.717) is 6.61 Å². The third-order valence-electron chi connectivity index (χ3n) is 2.22. The third kappa shape index (κ3) is 4.79. The molecule has 0 fully saturated rings. The van der Waals surface area contributed by atoms with Crippen LogP contribution >= 0.6 is 11.6 Å². The number of rotatable bonds is 6. The van der Waals surface area contributed by atoms with E-state index in [0.717, 1.165) is 18.7 Å². The van der Waals surface area contributed by atoms with Gasteiger partial charge < -0.3 is 10.1 Å². The maximum atomic E-state index is 5.58. The van der Waals surface area contributed by atoms with E-state index in [2.05, 4.69) is 29.6 Å². The molecule has 0 unspecified atom stereocenters. The zero-order valence-corrected chi connectivity index (χ0v) is 10.6. The van der Waals surface area contributed by atoms with E-state index < -0.39 is 0 Å². The second-order valence-corrected chi connectivity index (χ2v) is 4.03. The molecule has 1 aromatic carbocycles. The summed E-state index contributed by atoms with van der Waals surface area (Å²) in [5.41, 5.74) is 5.20. The molecule has 2 nitrogen and oxygen atoms in total. The summed E-state index contributed by atoms with van der Waals surface area (Å²) in [5, 5.41) is 3.33. The highest BCUT2D eigenvalue weighted by Crippen LogP contribution is 2.06. The molecule has 0 bridgehead atoms. The van der Waals surface area contributed by atoms with Gasteiger partial charge in [0.2, 0.25) is 0 Å². The van der Waals surface area contributed by atoms with Gasteiger partial charge in [0.25, 0.3) is 0 Å². The maximum Gasteiger partial charge on any atom is 0.0713 e. The molecule has 1 rings (SSSR count). The topological polar surface area (TPSA) is 21.3 Å². The Labute approximate surface area is 102 Å². The summed E-state index contributed by atoms with van der Waals surface area (Å²) in [4.78, 5) is 0. The summed E-state index contributed by atoms with van der Waals surface area (Å²) < 4.78 is 5.10. The van der Waals surface area contributed by atoms with Crippen molar-refractivity contribution in [3.05, 3.63) is 46.5 Å². The molecular formula is C13H18ClNO. The van der Waals surface area contributed by atoms with Crippen LogP contribution in [0.25, 0.3) is 0 Å². The summed E-state index contributed by atoms with van der Waals surface area (Å²) in [6.07, 6.45) is 0. The fraction of sp³-hybridized carbons (Fsp3) is 0.385. The van der Waals surface area contributed by atoms with Crippen molar-refractivity contribution in [2.24, 2.45) is 0 Å². The number of methoxy groups -OCH3 is 1. The van der Waals surface area contributed by atoms with Gasteiger partial charge in [0.1, 0.15) is 0 Å². The van der Waals surface area contributed by atoms with Crippen LogP contribution in [0, 0.1) is 0 Å². The number of ether oxygens (including phenoxy) is 1. The van der Waals surface area contributed by atoms with Crippen molar-refractivity contribution < 1.29 is 4.74 Å². The first-order valence-electron chi connectivity index (χ1n) is 5.29. The Hall–Kier alpha value is -0.830. The summed E-state index contributed by atoms with van der Waals surface area (Å²) in [5.74, 6) is 0. The molecule has 16 heavy (non-hydrogen) atoms. The molecule has 1 aromatic rings. The molecule has 0 saturated heterocycles. The van der Waals surface area contributed by atoms with Crippen LogP contribution in [0.15, 0.2) is 35.4 Å². The van der Waals surface area contributed by atoms with Crippen molar-refractivity contribution >= 4 is 11.6 Å². The first-order valence-corrected chi connectivity index (χ1v) is 5.73. The summed E-state index contributed by atoms with van der Waals surface area (Å²) in [6, 6.07) is 8.37. The zero-order valence-electron chi connectivity index (χ0n) is 9.79. The molecule has 0 heterocycles. The Morgan fingerprint density at radius 1 is 1.44 bits per heavy atom. The van der Waals surface area contributed by atoms with Crippen LogP contribution in [0.2, 0.25) is 0 Å². The second-order valence-electron chi connectivity index (χ2n) is 3.81. The summed E-state index contributed by atoms with van der Waals surface area (Å²) in [7, 11) is 1.71.